The standard InChI is InChI=1S/C11H9NO2S2/c12-8-6-7(11(13)14)3-4-9(8)16-10-2-1-5-15-10/h1-6H,12H2,(H,13,14). The van der Waals surface area contributed by atoms with Crippen molar-refractivity contribution in [2.24, 2.45) is 0 Å². The smallest absolute Gasteiger partial charge is 0.335 e. The van der Waals surface area contributed by atoms with Crippen molar-refractivity contribution >= 4 is 34.8 Å². The predicted molar refractivity (Wildman–Crippen MR) is 66.3 cm³/mol. The summed E-state index contributed by atoms with van der Waals surface area (Å²) in [6, 6.07) is 8.75. The molecule has 0 aliphatic heterocycles. The Labute approximate surface area is 101 Å². The van der Waals surface area contributed by atoms with Crippen LogP contribution in [0.2, 0.25) is 0 Å². The van der Waals surface area contributed by atoms with Crippen LogP contribution in [-0.4, -0.2) is 11.1 Å². The van der Waals surface area contributed by atoms with Gasteiger partial charge in [-0.15, -0.1) is 11.3 Å². The third-order valence-electron chi connectivity index (χ3n) is 1.96. The average molecular weight is 251 g/mol. The van der Waals surface area contributed by atoms with E-state index in [1.165, 1.54) is 6.07 Å². The van der Waals surface area contributed by atoms with Crippen LogP contribution in [0.25, 0.3) is 0 Å². The van der Waals surface area contributed by atoms with Crippen molar-refractivity contribution in [3.05, 3.63) is 41.3 Å². The van der Waals surface area contributed by atoms with E-state index in [-0.39, 0.29) is 5.56 Å². The second kappa shape index (κ2) is 4.59. The van der Waals surface area contributed by atoms with E-state index >= 15 is 0 Å². The highest BCUT2D eigenvalue weighted by Gasteiger charge is 2.07. The summed E-state index contributed by atoms with van der Waals surface area (Å²) in [4.78, 5) is 11.6. The first-order chi connectivity index (χ1) is 7.66. The van der Waals surface area contributed by atoms with Gasteiger partial charge in [0.2, 0.25) is 0 Å². The van der Waals surface area contributed by atoms with Crippen molar-refractivity contribution in [3.8, 4) is 0 Å². The molecule has 1 aromatic carbocycles. The van der Waals surface area contributed by atoms with E-state index in [1.54, 1.807) is 35.2 Å². The van der Waals surface area contributed by atoms with E-state index in [2.05, 4.69) is 0 Å². The molecule has 0 fully saturated rings. The molecule has 0 amide bonds. The number of rotatable bonds is 3. The molecule has 0 unspecified atom stereocenters. The quantitative estimate of drug-likeness (QED) is 0.822. The van der Waals surface area contributed by atoms with Crippen molar-refractivity contribution in [1.29, 1.82) is 0 Å². The Morgan fingerprint density at radius 3 is 2.75 bits per heavy atom. The maximum absolute atomic E-state index is 10.7. The van der Waals surface area contributed by atoms with Gasteiger partial charge in [-0.05, 0) is 29.6 Å². The third kappa shape index (κ3) is 2.37. The number of benzene rings is 1. The Morgan fingerprint density at radius 1 is 1.38 bits per heavy atom. The number of anilines is 1. The molecule has 0 bridgehead atoms. The third-order valence-corrected chi connectivity index (χ3v) is 4.09. The highest BCUT2D eigenvalue weighted by molar-refractivity contribution is 8.01. The van der Waals surface area contributed by atoms with Crippen LogP contribution in [0.3, 0.4) is 0 Å². The molecule has 16 heavy (non-hydrogen) atoms. The van der Waals surface area contributed by atoms with Gasteiger partial charge in [0.15, 0.2) is 0 Å². The predicted octanol–water partition coefficient (Wildman–Crippen LogP) is 3.18. The lowest BCUT2D eigenvalue weighted by Gasteiger charge is -2.04. The van der Waals surface area contributed by atoms with E-state index in [9.17, 15) is 4.79 Å². The van der Waals surface area contributed by atoms with Gasteiger partial charge < -0.3 is 10.8 Å². The number of nitrogens with two attached hydrogens (primary N) is 1. The summed E-state index contributed by atoms with van der Waals surface area (Å²) in [5.74, 6) is -0.959. The number of thiophene rings is 1. The normalized spacial score (nSPS) is 10.2. The molecule has 0 saturated heterocycles. The fraction of sp³-hybridized carbons (Fsp3) is 0. The molecule has 0 radical (unpaired) electrons. The zero-order valence-electron chi connectivity index (χ0n) is 8.21. The summed E-state index contributed by atoms with van der Waals surface area (Å²) < 4.78 is 1.13. The van der Waals surface area contributed by atoms with Gasteiger partial charge in [-0.2, -0.15) is 0 Å². The molecular weight excluding hydrogens is 242 g/mol. The van der Waals surface area contributed by atoms with Crippen molar-refractivity contribution in [3.63, 3.8) is 0 Å². The Kier molecular flexibility index (Phi) is 3.17. The fourth-order valence-electron chi connectivity index (χ4n) is 1.20. The van der Waals surface area contributed by atoms with Gasteiger partial charge in [-0.25, -0.2) is 4.79 Å². The summed E-state index contributed by atoms with van der Waals surface area (Å²) in [6.07, 6.45) is 0. The monoisotopic (exact) mass is 251 g/mol. The second-order valence-corrected chi connectivity index (χ2v) is 5.38. The summed E-state index contributed by atoms with van der Waals surface area (Å²) in [6.45, 7) is 0. The van der Waals surface area contributed by atoms with E-state index < -0.39 is 5.97 Å². The first-order valence-corrected chi connectivity index (χ1v) is 6.20. The lowest BCUT2D eigenvalue weighted by atomic mass is 10.2. The number of hydrogen-bond donors (Lipinski definition) is 2. The van der Waals surface area contributed by atoms with Gasteiger partial charge in [0.25, 0.3) is 0 Å². The van der Waals surface area contributed by atoms with Crippen molar-refractivity contribution in [2.75, 3.05) is 5.73 Å². The van der Waals surface area contributed by atoms with E-state index in [0.717, 1.165) is 9.10 Å². The van der Waals surface area contributed by atoms with Crippen LogP contribution in [0.4, 0.5) is 5.69 Å². The van der Waals surface area contributed by atoms with Gasteiger partial charge in [0.1, 0.15) is 0 Å². The van der Waals surface area contributed by atoms with E-state index in [0.29, 0.717) is 5.69 Å². The maximum Gasteiger partial charge on any atom is 0.335 e. The molecule has 0 aliphatic carbocycles. The fourth-order valence-corrected chi connectivity index (χ4v) is 2.96. The molecule has 0 saturated carbocycles. The van der Waals surface area contributed by atoms with Crippen LogP contribution in [-0.2, 0) is 0 Å². The molecular formula is C11H9NO2S2. The SMILES string of the molecule is Nc1cc(C(=O)O)ccc1Sc1cccs1. The Hall–Kier alpha value is -1.46. The zero-order chi connectivity index (χ0) is 11.5. The van der Waals surface area contributed by atoms with Gasteiger partial charge >= 0.3 is 5.97 Å². The van der Waals surface area contributed by atoms with Crippen LogP contribution in [0.1, 0.15) is 10.4 Å². The molecule has 82 valence electrons. The molecule has 5 heteroatoms. The number of nitrogen functional groups attached to an aromatic ring is 1. The highest BCUT2D eigenvalue weighted by Crippen LogP contribution is 2.35. The van der Waals surface area contributed by atoms with Crippen LogP contribution in [0.15, 0.2) is 44.8 Å². The minimum atomic E-state index is -0.959. The number of hydrogen-bond acceptors (Lipinski definition) is 4. The lowest BCUT2D eigenvalue weighted by Crippen LogP contribution is -1.98. The molecule has 1 aromatic heterocycles. The highest BCUT2D eigenvalue weighted by atomic mass is 32.2. The minimum absolute atomic E-state index is 0.216. The largest absolute Gasteiger partial charge is 0.478 e. The Balaban J connectivity index is 2.26. The Bertz CT molecular complexity index is 509. The Morgan fingerprint density at radius 2 is 2.19 bits per heavy atom. The minimum Gasteiger partial charge on any atom is -0.478 e. The van der Waals surface area contributed by atoms with E-state index in [1.807, 2.05) is 17.5 Å². The second-order valence-electron chi connectivity index (χ2n) is 3.09. The number of aromatic carboxylic acids is 1. The number of carbonyl (C=O) groups is 1. The molecule has 0 aliphatic rings. The summed E-state index contributed by atoms with van der Waals surface area (Å²) in [7, 11) is 0. The topological polar surface area (TPSA) is 63.3 Å². The molecule has 2 rings (SSSR count). The van der Waals surface area contributed by atoms with Crippen LogP contribution < -0.4 is 5.73 Å². The van der Waals surface area contributed by atoms with Crippen LogP contribution >= 0.6 is 23.1 Å². The molecule has 3 N–H and O–H groups in total. The first-order valence-electron chi connectivity index (χ1n) is 4.51. The summed E-state index contributed by atoms with van der Waals surface area (Å²) in [5.41, 5.74) is 6.51. The average Bonchev–Trinajstić information content (AvgIpc) is 2.73. The van der Waals surface area contributed by atoms with Gasteiger partial charge in [-0.1, -0.05) is 17.8 Å². The van der Waals surface area contributed by atoms with Gasteiger partial charge in [0.05, 0.1) is 9.77 Å². The molecule has 1 heterocycles. The number of carboxylic acid groups (broad SMARTS) is 1. The van der Waals surface area contributed by atoms with Gasteiger partial charge in [-0.3, -0.25) is 0 Å². The number of carboxylic acids is 1. The van der Waals surface area contributed by atoms with Gasteiger partial charge in [0, 0.05) is 10.6 Å². The van der Waals surface area contributed by atoms with Crippen LogP contribution in [0.5, 0.6) is 0 Å². The summed E-state index contributed by atoms with van der Waals surface area (Å²) >= 11 is 3.17. The zero-order valence-corrected chi connectivity index (χ0v) is 9.85. The van der Waals surface area contributed by atoms with Crippen LogP contribution in [0, 0.1) is 0 Å². The lowest BCUT2D eigenvalue weighted by molar-refractivity contribution is 0.0697. The molecule has 0 spiro atoms. The van der Waals surface area contributed by atoms with Crippen molar-refractivity contribution < 1.29 is 9.90 Å². The maximum atomic E-state index is 10.7. The molecule has 3 nitrogen and oxygen atoms in total. The summed E-state index contributed by atoms with van der Waals surface area (Å²) in [5, 5.41) is 10.8. The van der Waals surface area contributed by atoms with E-state index in [4.69, 9.17) is 10.8 Å². The van der Waals surface area contributed by atoms with Crippen molar-refractivity contribution in [1.82, 2.24) is 0 Å². The molecule has 0 atom stereocenters. The van der Waals surface area contributed by atoms with Crippen molar-refractivity contribution in [2.45, 2.75) is 9.10 Å². The molecule has 2 aromatic rings. The first kappa shape index (κ1) is 11.0.